The SMILES string of the molecule is c1ccc(-c2ccc(-c3nc(-c4ccc(-c5ccccc5)cc4)nc(-c4ccc(-c5ccccc5-c5ccc(-c6nc(-c7ccccc7)nc(-c7ccccc7)n6)cc5)cc4)n3)cc2)cc1. The molecule has 0 amide bonds. The van der Waals surface area contributed by atoms with E-state index in [9.17, 15) is 0 Å². The first-order chi connectivity index (χ1) is 32.7. The van der Waals surface area contributed by atoms with Crippen molar-refractivity contribution in [2.45, 2.75) is 0 Å². The van der Waals surface area contributed by atoms with Gasteiger partial charge in [-0.05, 0) is 44.5 Å². The summed E-state index contributed by atoms with van der Waals surface area (Å²) in [6.07, 6.45) is 0. The highest BCUT2D eigenvalue weighted by Crippen LogP contribution is 2.35. The van der Waals surface area contributed by atoms with Crippen LogP contribution in [0.25, 0.3) is 113 Å². The second-order valence-corrected chi connectivity index (χ2v) is 15.9. The largest absolute Gasteiger partial charge is 0.208 e. The molecule has 310 valence electrons. The Kier molecular flexibility index (Phi) is 10.9. The van der Waals surface area contributed by atoms with Gasteiger partial charge in [-0.25, -0.2) is 29.9 Å². The summed E-state index contributed by atoms with van der Waals surface area (Å²) >= 11 is 0. The zero-order chi connectivity index (χ0) is 44.1. The molecule has 0 N–H and O–H groups in total. The van der Waals surface area contributed by atoms with Gasteiger partial charge in [0.1, 0.15) is 0 Å². The van der Waals surface area contributed by atoms with E-state index in [1.807, 2.05) is 72.8 Å². The predicted octanol–water partition coefficient (Wildman–Crippen LogP) is 14.7. The van der Waals surface area contributed by atoms with Crippen molar-refractivity contribution in [3.8, 4) is 113 Å². The van der Waals surface area contributed by atoms with E-state index in [1.165, 1.54) is 0 Å². The van der Waals surface area contributed by atoms with Crippen molar-refractivity contribution >= 4 is 0 Å². The topological polar surface area (TPSA) is 77.3 Å². The Hall–Kier alpha value is -9.00. The summed E-state index contributed by atoms with van der Waals surface area (Å²) in [5.74, 6) is 3.73. The molecule has 6 heteroatoms. The molecular weight excluding hydrogens is 805 g/mol. The zero-order valence-corrected chi connectivity index (χ0v) is 35.8. The van der Waals surface area contributed by atoms with Gasteiger partial charge in [-0.1, -0.05) is 243 Å². The number of benzene rings is 9. The molecule has 11 rings (SSSR count). The van der Waals surface area contributed by atoms with Crippen LogP contribution in [0.4, 0.5) is 0 Å². The van der Waals surface area contributed by atoms with E-state index in [0.717, 1.165) is 77.9 Å². The summed E-state index contributed by atoms with van der Waals surface area (Å²) in [4.78, 5) is 29.9. The van der Waals surface area contributed by atoms with E-state index in [-0.39, 0.29) is 0 Å². The molecule has 0 unspecified atom stereocenters. The lowest BCUT2D eigenvalue weighted by atomic mass is 9.93. The van der Waals surface area contributed by atoms with Crippen molar-refractivity contribution in [3.05, 3.63) is 243 Å². The molecule has 0 aliphatic carbocycles. The van der Waals surface area contributed by atoms with Crippen molar-refractivity contribution in [2.75, 3.05) is 0 Å². The van der Waals surface area contributed by atoms with Crippen molar-refractivity contribution in [1.29, 1.82) is 0 Å². The lowest BCUT2D eigenvalue weighted by molar-refractivity contribution is 1.07. The second kappa shape index (κ2) is 18.0. The molecule has 0 saturated heterocycles. The molecule has 0 aliphatic heterocycles. The fourth-order valence-corrected chi connectivity index (χ4v) is 8.17. The normalized spacial score (nSPS) is 11.0. The van der Waals surface area contributed by atoms with Gasteiger partial charge in [-0.3, -0.25) is 0 Å². The first kappa shape index (κ1) is 39.8. The average Bonchev–Trinajstić information content (AvgIpc) is 3.42. The first-order valence-corrected chi connectivity index (χ1v) is 21.9. The Balaban J connectivity index is 0.916. The Labute approximate surface area is 383 Å². The van der Waals surface area contributed by atoms with Crippen LogP contribution in [0.2, 0.25) is 0 Å². The highest BCUT2D eigenvalue weighted by molar-refractivity contribution is 5.85. The van der Waals surface area contributed by atoms with Crippen molar-refractivity contribution in [3.63, 3.8) is 0 Å². The Bertz CT molecular complexity index is 3240. The smallest absolute Gasteiger partial charge is 0.164 e. The number of nitrogens with zero attached hydrogens (tertiary/aromatic N) is 6. The van der Waals surface area contributed by atoms with Gasteiger partial charge in [-0.15, -0.1) is 0 Å². The van der Waals surface area contributed by atoms with Gasteiger partial charge in [0.05, 0.1) is 0 Å². The molecule has 0 aliphatic rings. The Morgan fingerprint density at radius 1 is 0.136 bits per heavy atom. The van der Waals surface area contributed by atoms with E-state index in [4.69, 9.17) is 29.9 Å². The molecule has 0 saturated carbocycles. The third kappa shape index (κ3) is 8.42. The van der Waals surface area contributed by atoms with Gasteiger partial charge in [-0.2, -0.15) is 0 Å². The third-order valence-electron chi connectivity index (χ3n) is 11.7. The number of hydrogen-bond acceptors (Lipinski definition) is 6. The van der Waals surface area contributed by atoms with Crippen LogP contribution in [0, 0.1) is 0 Å². The lowest BCUT2D eigenvalue weighted by Crippen LogP contribution is -2.00. The molecule has 0 radical (unpaired) electrons. The van der Waals surface area contributed by atoms with Gasteiger partial charge < -0.3 is 0 Å². The predicted molar refractivity (Wildman–Crippen MR) is 268 cm³/mol. The van der Waals surface area contributed by atoms with Crippen LogP contribution in [0.15, 0.2) is 243 Å². The minimum absolute atomic E-state index is 0.605. The zero-order valence-electron chi connectivity index (χ0n) is 35.8. The van der Waals surface area contributed by atoms with Gasteiger partial charge in [0, 0.05) is 33.4 Å². The number of rotatable bonds is 10. The summed E-state index contributed by atoms with van der Waals surface area (Å²) in [7, 11) is 0. The summed E-state index contributed by atoms with van der Waals surface area (Å²) < 4.78 is 0. The van der Waals surface area contributed by atoms with Gasteiger partial charge in [0.25, 0.3) is 0 Å². The van der Waals surface area contributed by atoms with Crippen LogP contribution in [0.5, 0.6) is 0 Å². The molecule has 2 heterocycles. The van der Waals surface area contributed by atoms with Crippen molar-refractivity contribution in [1.82, 2.24) is 29.9 Å². The van der Waals surface area contributed by atoms with Gasteiger partial charge in [0.15, 0.2) is 34.9 Å². The van der Waals surface area contributed by atoms with Crippen molar-refractivity contribution < 1.29 is 0 Å². The highest BCUT2D eigenvalue weighted by Gasteiger charge is 2.16. The molecule has 0 bridgehead atoms. The fourth-order valence-electron chi connectivity index (χ4n) is 8.17. The molecule has 9 aromatic carbocycles. The van der Waals surface area contributed by atoms with Gasteiger partial charge >= 0.3 is 0 Å². The van der Waals surface area contributed by atoms with Crippen LogP contribution in [-0.4, -0.2) is 29.9 Å². The molecule has 0 atom stereocenters. The molecule has 0 fully saturated rings. The molecule has 11 aromatic rings. The quantitative estimate of drug-likeness (QED) is 0.136. The van der Waals surface area contributed by atoms with E-state index in [2.05, 4.69) is 170 Å². The van der Waals surface area contributed by atoms with E-state index in [1.54, 1.807) is 0 Å². The summed E-state index contributed by atoms with van der Waals surface area (Å²) in [5, 5.41) is 0. The average molecular weight is 845 g/mol. The number of hydrogen-bond donors (Lipinski definition) is 0. The highest BCUT2D eigenvalue weighted by atomic mass is 15.0. The molecular formula is C60H40N6. The van der Waals surface area contributed by atoms with Crippen molar-refractivity contribution in [2.24, 2.45) is 0 Å². The first-order valence-electron chi connectivity index (χ1n) is 21.9. The van der Waals surface area contributed by atoms with Crippen LogP contribution in [0.3, 0.4) is 0 Å². The Morgan fingerprint density at radius 2 is 0.303 bits per heavy atom. The van der Waals surface area contributed by atoms with Crippen LogP contribution >= 0.6 is 0 Å². The lowest BCUT2D eigenvalue weighted by Gasteiger charge is -2.13. The van der Waals surface area contributed by atoms with E-state index < -0.39 is 0 Å². The monoisotopic (exact) mass is 844 g/mol. The maximum Gasteiger partial charge on any atom is 0.164 e. The van der Waals surface area contributed by atoms with Crippen LogP contribution in [-0.2, 0) is 0 Å². The van der Waals surface area contributed by atoms with Crippen LogP contribution in [0.1, 0.15) is 0 Å². The summed E-state index contributed by atoms with van der Waals surface area (Å²) in [6, 6.07) is 83.2. The van der Waals surface area contributed by atoms with Gasteiger partial charge in [0.2, 0.25) is 0 Å². The van der Waals surface area contributed by atoms with Crippen LogP contribution < -0.4 is 0 Å². The maximum absolute atomic E-state index is 5.08. The third-order valence-corrected chi connectivity index (χ3v) is 11.7. The summed E-state index contributed by atoms with van der Waals surface area (Å²) in [5.41, 5.74) is 14.5. The minimum atomic E-state index is 0.605. The molecule has 66 heavy (non-hydrogen) atoms. The minimum Gasteiger partial charge on any atom is -0.208 e. The number of aromatic nitrogens is 6. The molecule has 0 spiro atoms. The second-order valence-electron chi connectivity index (χ2n) is 15.9. The Morgan fingerprint density at radius 3 is 0.561 bits per heavy atom. The van der Waals surface area contributed by atoms with E-state index in [0.29, 0.717) is 34.9 Å². The molecule has 2 aromatic heterocycles. The summed E-state index contributed by atoms with van der Waals surface area (Å²) in [6.45, 7) is 0. The fraction of sp³-hybridized carbons (Fsp3) is 0. The molecule has 6 nitrogen and oxygen atoms in total. The van der Waals surface area contributed by atoms with E-state index >= 15 is 0 Å². The maximum atomic E-state index is 5.08. The standard InChI is InChI=1S/C60H40N6/c1-5-15-41(16-6-1)43-25-33-49(34-26-43)57-64-58(50-35-27-44(28-36-50)42-17-7-2-8-18-42)66-60(65-57)52-39-31-46(32-40-52)54-24-14-13-23-53(54)45-29-37-51(38-30-45)59-62-55(47-19-9-3-10-20-47)61-56(63-59)48-21-11-4-12-22-48/h1-40H.